The number of nitrogens with one attached hydrogen (secondary N) is 1. The number of amides is 1. The minimum atomic E-state index is -0.480. The predicted octanol–water partition coefficient (Wildman–Crippen LogP) is 2.06. The van der Waals surface area contributed by atoms with Crippen LogP contribution in [-0.4, -0.2) is 47.0 Å². The highest BCUT2D eigenvalue weighted by Crippen LogP contribution is 2.20. The molecule has 132 valence electrons. The van der Waals surface area contributed by atoms with Crippen molar-refractivity contribution in [1.29, 1.82) is 0 Å². The van der Waals surface area contributed by atoms with Crippen molar-refractivity contribution in [1.82, 2.24) is 9.88 Å². The summed E-state index contributed by atoms with van der Waals surface area (Å²) in [5, 5.41) is 16.1. The number of benzene rings is 1. The van der Waals surface area contributed by atoms with E-state index in [1.165, 1.54) is 17.4 Å². The van der Waals surface area contributed by atoms with Gasteiger partial charge in [0.2, 0.25) is 5.91 Å². The van der Waals surface area contributed by atoms with Gasteiger partial charge in [-0.15, -0.1) is 11.3 Å². The van der Waals surface area contributed by atoms with Crippen LogP contribution in [0.25, 0.3) is 0 Å². The maximum Gasteiger partial charge on any atom is 0.273 e. The molecule has 2 heterocycles. The molecule has 0 atom stereocenters. The van der Waals surface area contributed by atoms with Crippen molar-refractivity contribution in [2.24, 2.45) is 0 Å². The molecule has 1 aromatic carbocycles. The Morgan fingerprint density at radius 3 is 2.88 bits per heavy atom. The van der Waals surface area contributed by atoms with Crippen LogP contribution in [0, 0.1) is 10.1 Å². The fourth-order valence-electron chi connectivity index (χ4n) is 2.60. The van der Waals surface area contributed by atoms with Gasteiger partial charge in [0.05, 0.1) is 30.3 Å². The Bertz CT molecular complexity index is 758. The van der Waals surface area contributed by atoms with Gasteiger partial charge in [-0.2, -0.15) is 0 Å². The molecule has 1 aliphatic rings. The first-order chi connectivity index (χ1) is 12.1. The van der Waals surface area contributed by atoms with Gasteiger partial charge in [0.1, 0.15) is 0 Å². The first-order valence-electron chi connectivity index (χ1n) is 7.88. The molecule has 0 unspecified atom stereocenters. The van der Waals surface area contributed by atoms with Gasteiger partial charge in [-0.05, 0) is 0 Å². The van der Waals surface area contributed by atoms with Crippen LogP contribution >= 0.6 is 11.3 Å². The van der Waals surface area contributed by atoms with Crippen molar-refractivity contribution in [3.8, 4) is 0 Å². The van der Waals surface area contributed by atoms with Crippen LogP contribution in [0.15, 0.2) is 29.6 Å². The van der Waals surface area contributed by atoms with Gasteiger partial charge in [-0.1, -0.05) is 18.2 Å². The van der Waals surface area contributed by atoms with Gasteiger partial charge in [0.15, 0.2) is 5.13 Å². The van der Waals surface area contributed by atoms with E-state index in [1.807, 2.05) is 5.38 Å². The third-order valence-electron chi connectivity index (χ3n) is 3.83. The number of hydrogen-bond donors (Lipinski definition) is 1. The van der Waals surface area contributed by atoms with E-state index in [1.54, 1.807) is 18.2 Å². The quantitative estimate of drug-likeness (QED) is 0.624. The van der Waals surface area contributed by atoms with Crippen LogP contribution in [-0.2, 0) is 22.5 Å². The molecule has 0 aliphatic carbocycles. The van der Waals surface area contributed by atoms with E-state index in [9.17, 15) is 14.9 Å². The average molecular weight is 362 g/mol. The summed E-state index contributed by atoms with van der Waals surface area (Å²) in [4.78, 5) is 29.3. The summed E-state index contributed by atoms with van der Waals surface area (Å²) in [6.45, 7) is 3.92. The van der Waals surface area contributed by atoms with Crippen LogP contribution in [0.3, 0.4) is 0 Å². The highest BCUT2D eigenvalue weighted by atomic mass is 32.1. The average Bonchev–Trinajstić information content (AvgIpc) is 3.02. The van der Waals surface area contributed by atoms with Crippen LogP contribution in [0.1, 0.15) is 11.3 Å². The van der Waals surface area contributed by atoms with Crippen molar-refractivity contribution >= 4 is 28.1 Å². The lowest BCUT2D eigenvalue weighted by Crippen LogP contribution is -2.35. The standard InChI is InChI=1S/C16H18N4O4S/c21-15(9-12-3-1-2-4-14(12)20(22)23)18-16-17-13(11-25-16)10-19-5-7-24-8-6-19/h1-4,11H,5-10H2,(H,17,18,21). The number of morpholine rings is 1. The molecule has 2 aromatic rings. The van der Waals surface area contributed by atoms with Gasteiger partial charge in [0.25, 0.3) is 5.69 Å². The lowest BCUT2D eigenvalue weighted by Gasteiger charge is -2.25. The van der Waals surface area contributed by atoms with Crippen molar-refractivity contribution in [2.75, 3.05) is 31.6 Å². The zero-order valence-electron chi connectivity index (χ0n) is 13.5. The molecule has 1 amide bonds. The minimum Gasteiger partial charge on any atom is -0.379 e. The van der Waals surface area contributed by atoms with Crippen LogP contribution in [0.5, 0.6) is 0 Å². The Kier molecular flexibility index (Phi) is 5.69. The molecule has 0 bridgehead atoms. The molecule has 1 aromatic heterocycles. The maximum atomic E-state index is 12.2. The lowest BCUT2D eigenvalue weighted by atomic mass is 10.1. The van der Waals surface area contributed by atoms with E-state index in [0.717, 1.165) is 38.5 Å². The Hall–Kier alpha value is -2.36. The summed E-state index contributed by atoms with van der Waals surface area (Å²) in [7, 11) is 0. The van der Waals surface area contributed by atoms with Crippen molar-refractivity contribution in [3.05, 3.63) is 51.0 Å². The van der Waals surface area contributed by atoms with Gasteiger partial charge < -0.3 is 10.1 Å². The largest absolute Gasteiger partial charge is 0.379 e. The molecule has 9 heteroatoms. The topological polar surface area (TPSA) is 97.6 Å². The Morgan fingerprint density at radius 1 is 1.36 bits per heavy atom. The summed E-state index contributed by atoms with van der Waals surface area (Å²) in [5.41, 5.74) is 1.23. The van der Waals surface area contributed by atoms with E-state index in [-0.39, 0.29) is 18.0 Å². The number of carbonyl (C=O) groups excluding carboxylic acids is 1. The second-order valence-electron chi connectivity index (χ2n) is 5.64. The second kappa shape index (κ2) is 8.15. The zero-order valence-corrected chi connectivity index (χ0v) is 14.3. The van der Waals surface area contributed by atoms with E-state index >= 15 is 0 Å². The molecule has 1 N–H and O–H groups in total. The molecule has 8 nitrogen and oxygen atoms in total. The molecule has 0 spiro atoms. The van der Waals surface area contributed by atoms with E-state index in [0.29, 0.717) is 10.7 Å². The smallest absolute Gasteiger partial charge is 0.273 e. The SMILES string of the molecule is O=C(Cc1ccccc1[N+](=O)[O-])Nc1nc(CN2CCOCC2)cs1. The van der Waals surface area contributed by atoms with Crippen LogP contribution in [0.4, 0.5) is 10.8 Å². The fourth-order valence-corrected chi connectivity index (χ4v) is 3.32. The van der Waals surface area contributed by atoms with Crippen molar-refractivity contribution in [2.45, 2.75) is 13.0 Å². The van der Waals surface area contributed by atoms with Gasteiger partial charge in [-0.25, -0.2) is 4.98 Å². The number of nitro groups is 1. The van der Waals surface area contributed by atoms with Crippen molar-refractivity contribution < 1.29 is 14.5 Å². The van der Waals surface area contributed by atoms with Gasteiger partial charge in [0, 0.05) is 36.6 Å². The summed E-state index contributed by atoms with van der Waals surface area (Å²) in [5.74, 6) is -0.318. The number of aromatic nitrogens is 1. The maximum absolute atomic E-state index is 12.2. The molecule has 3 rings (SSSR count). The molecule has 0 saturated carbocycles. The number of thiazole rings is 1. The zero-order chi connectivity index (χ0) is 17.6. The summed E-state index contributed by atoms with van der Waals surface area (Å²) in [6, 6.07) is 6.24. The second-order valence-corrected chi connectivity index (χ2v) is 6.50. The number of hydrogen-bond acceptors (Lipinski definition) is 7. The lowest BCUT2D eigenvalue weighted by molar-refractivity contribution is -0.385. The number of ether oxygens (including phenoxy) is 1. The monoisotopic (exact) mass is 362 g/mol. The Labute approximate surface area is 148 Å². The number of nitrogens with zero attached hydrogens (tertiary/aromatic N) is 3. The van der Waals surface area contributed by atoms with E-state index in [4.69, 9.17) is 4.74 Å². The third kappa shape index (κ3) is 4.81. The van der Waals surface area contributed by atoms with Gasteiger partial charge >= 0.3 is 0 Å². The van der Waals surface area contributed by atoms with Crippen molar-refractivity contribution in [3.63, 3.8) is 0 Å². The molecule has 1 fully saturated rings. The summed E-state index contributed by atoms with van der Waals surface area (Å²) in [6.07, 6.45) is -0.0600. The summed E-state index contributed by atoms with van der Waals surface area (Å²) >= 11 is 1.35. The Morgan fingerprint density at radius 2 is 2.12 bits per heavy atom. The first-order valence-corrected chi connectivity index (χ1v) is 8.76. The minimum absolute atomic E-state index is 0.0511. The number of para-hydroxylation sites is 1. The highest BCUT2D eigenvalue weighted by molar-refractivity contribution is 7.13. The predicted molar refractivity (Wildman–Crippen MR) is 93.6 cm³/mol. The summed E-state index contributed by atoms with van der Waals surface area (Å²) < 4.78 is 5.31. The molecule has 1 aliphatic heterocycles. The third-order valence-corrected chi connectivity index (χ3v) is 4.63. The van der Waals surface area contributed by atoms with Crippen LogP contribution in [0.2, 0.25) is 0 Å². The number of nitro benzene ring substituents is 1. The van der Waals surface area contributed by atoms with E-state index in [2.05, 4.69) is 15.2 Å². The molecule has 25 heavy (non-hydrogen) atoms. The highest BCUT2D eigenvalue weighted by Gasteiger charge is 2.17. The molecule has 0 radical (unpaired) electrons. The Balaban J connectivity index is 1.57. The molecule has 1 saturated heterocycles. The molecular formula is C16H18N4O4S. The van der Waals surface area contributed by atoms with Crippen LogP contribution < -0.4 is 5.32 Å². The van der Waals surface area contributed by atoms with E-state index < -0.39 is 4.92 Å². The first kappa shape index (κ1) is 17.5. The number of anilines is 1. The normalized spacial score (nSPS) is 15.0. The number of carbonyl (C=O) groups is 1. The molecular weight excluding hydrogens is 344 g/mol. The fraction of sp³-hybridized carbons (Fsp3) is 0.375. The number of rotatable bonds is 6. The van der Waals surface area contributed by atoms with Gasteiger partial charge in [-0.3, -0.25) is 19.8 Å².